The second-order valence-corrected chi connectivity index (χ2v) is 8.74. The Morgan fingerprint density at radius 3 is 2.48 bits per heavy atom. The molecular formula is C21H21ClN2O7. The van der Waals surface area contributed by atoms with Gasteiger partial charge in [-0.15, -0.1) is 0 Å². The number of nitrogens with two attached hydrogens (primary N) is 1. The zero-order valence-electron chi connectivity index (χ0n) is 16.7. The summed E-state index contributed by atoms with van der Waals surface area (Å²) in [7, 11) is 3.07. The van der Waals surface area contributed by atoms with Gasteiger partial charge in [-0.1, -0.05) is 23.3 Å². The highest BCUT2D eigenvalue weighted by molar-refractivity contribution is 6.32. The molecular weight excluding hydrogens is 428 g/mol. The van der Waals surface area contributed by atoms with Crippen molar-refractivity contribution >= 4 is 35.2 Å². The van der Waals surface area contributed by atoms with Gasteiger partial charge >= 0.3 is 0 Å². The van der Waals surface area contributed by atoms with Gasteiger partial charge in [-0.3, -0.25) is 19.3 Å². The molecule has 5 atom stereocenters. The summed E-state index contributed by atoms with van der Waals surface area (Å²) in [6.07, 6.45) is -0.0695. The van der Waals surface area contributed by atoms with E-state index in [9.17, 15) is 34.8 Å². The van der Waals surface area contributed by atoms with E-state index in [4.69, 9.17) is 17.3 Å². The highest BCUT2D eigenvalue weighted by Crippen LogP contribution is 2.54. The Hall–Kier alpha value is -2.72. The number of rotatable bonds is 2. The number of halogens is 1. The average molecular weight is 449 g/mol. The molecule has 1 saturated carbocycles. The summed E-state index contributed by atoms with van der Waals surface area (Å²) in [5, 5.41) is 43.6. The van der Waals surface area contributed by atoms with Crippen LogP contribution in [0.2, 0.25) is 5.02 Å². The average Bonchev–Trinajstić information content (AvgIpc) is 2.67. The number of aromatic hydroxyl groups is 1. The van der Waals surface area contributed by atoms with Crippen molar-refractivity contribution in [1.29, 1.82) is 0 Å². The van der Waals surface area contributed by atoms with E-state index in [0.717, 1.165) is 0 Å². The molecule has 9 nitrogen and oxygen atoms in total. The van der Waals surface area contributed by atoms with Crippen molar-refractivity contribution in [3.05, 3.63) is 45.2 Å². The van der Waals surface area contributed by atoms with Gasteiger partial charge in [0.15, 0.2) is 17.2 Å². The number of Topliss-reactive ketones (excluding diaryl/α,β-unsaturated/α-hetero) is 2. The van der Waals surface area contributed by atoms with Gasteiger partial charge in [0.2, 0.25) is 0 Å². The standard InChI is InChI=1S/C21H21ClN2O7/c1-24(2)15-9-6-7-5-8-10(22)3-4-11(25)13(8)16(26)12(7)18(28)21(9,31)19(29)14(17(15)27)20(23)30/h3-5,9,12,15-16,25-26,29,31H,6H2,1-2H3,(H2,23,30)/t9-,12+,15-,16+,21-/m0/s1. The number of aliphatic hydroxyl groups excluding tert-OH is 2. The summed E-state index contributed by atoms with van der Waals surface area (Å²) < 4.78 is 0. The first-order valence-corrected chi connectivity index (χ1v) is 9.91. The number of fused-ring (bicyclic) bond motifs is 3. The number of hydrogen-bond acceptors (Lipinski definition) is 8. The summed E-state index contributed by atoms with van der Waals surface area (Å²) >= 11 is 6.23. The van der Waals surface area contributed by atoms with Crippen LogP contribution in [0.3, 0.4) is 0 Å². The van der Waals surface area contributed by atoms with Crippen LogP contribution in [0.1, 0.15) is 23.7 Å². The van der Waals surface area contributed by atoms with E-state index in [-0.39, 0.29) is 22.8 Å². The molecule has 0 aliphatic heterocycles. The zero-order chi connectivity index (χ0) is 23.0. The Balaban J connectivity index is 1.97. The number of carbonyl (C=O) groups excluding carboxylic acids is 3. The number of likely N-dealkylation sites (N-methyl/N-ethyl adjacent to an activating group) is 1. The maximum absolute atomic E-state index is 13.5. The summed E-state index contributed by atoms with van der Waals surface area (Å²) in [5.41, 5.74) is 2.55. The fraction of sp³-hybridized carbons (Fsp3) is 0.381. The van der Waals surface area contributed by atoms with Crippen LogP contribution in [0.15, 0.2) is 29.0 Å². The lowest BCUT2D eigenvalue weighted by Crippen LogP contribution is -2.66. The van der Waals surface area contributed by atoms with Gasteiger partial charge in [-0.2, -0.15) is 0 Å². The summed E-state index contributed by atoms with van der Waals surface area (Å²) in [6.45, 7) is 0. The second kappa shape index (κ2) is 6.89. The largest absolute Gasteiger partial charge is 0.508 e. The van der Waals surface area contributed by atoms with Gasteiger partial charge in [0.05, 0.1) is 18.1 Å². The van der Waals surface area contributed by atoms with Crippen LogP contribution in [0.25, 0.3) is 6.08 Å². The van der Waals surface area contributed by atoms with E-state index in [1.54, 1.807) is 6.08 Å². The van der Waals surface area contributed by atoms with Crippen molar-refractivity contribution in [1.82, 2.24) is 4.90 Å². The van der Waals surface area contributed by atoms with E-state index in [1.165, 1.54) is 31.1 Å². The lowest BCUT2D eigenvalue weighted by Gasteiger charge is -2.51. The number of benzene rings is 1. The van der Waals surface area contributed by atoms with Crippen LogP contribution in [0.4, 0.5) is 0 Å². The van der Waals surface area contributed by atoms with Crippen LogP contribution >= 0.6 is 11.6 Å². The molecule has 0 spiro atoms. The molecule has 6 N–H and O–H groups in total. The minimum absolute atomic E-state index is 0.0197. The summed E-state index contributed by atoms with van der Waals surface area (Å²) in [5.74, 6) is -6.93. The highest BCUT2D eigenvalue weighted by Gasteiger charge is 2.64. The molecule has 0 aromatic heterocycles. The minimum Gasteiger partial charge on any atom is -0.508 e. The maximum Gasteiger partial charge on any atom is 0.255 e. The lowest BCUT2D eigenvalue weighted by molar-refractivity contribution is -0.161. The number of ketones is 2. The van der Waals surface area contributed by atoms with E-state index in [2.05, 4.69) is 0 Å². The van der Waals surface area contributed by atoms with Crippen molar-refractivity contribution in [2.75, 3.05) is 14.1 Å². The third-order valence-electron chi connectivity index (χ3n) is 6.50. The molecule has 3 aliphatic rings. The number of hydrogen-bond donors (Lipinski definition) is 5. The number of primary amides is 1. The van der Waals surface area contributed by atoms with Crippen molar-refractivity contribution in [3.8, 4) is 5.75 Å². The first kappa shape index (κ1) is 21.5. The number of nitrogens with zero attached hydrogens (tertiary/aromatic N) is 1. The molecule has 0 unspecified atom stereocenters. The van der Waals surface area contributed by atoms with E-state index in [1.807, 2.05) is 0 Å². The topological polar surface area (TPSA) is 161 Å². The van der Waals surface area contributed by atoms with E-state index in [0.29, 0.717) is 11.1 Å². The van der Waals surface area contributed by atoms with Gasteiger partial charge in [0, 0.05) is 22.1 Å². The van der Waals surface area contributed by atoms with Gasteiger partial charge < -0.3 is 26.2 Å². The van der Waals surface area contributed by atoms with Crippen LogP contribution < -0.4 is 5.73 Å². The molecule has 0 heterocycles. The molecule has 3 aliphatic carbocycles. The van der Waals surface area contributed by atoms with E-state index >= 15 is 0 Å². The minimum atomic E-state index is -2.62. The van der Waals surface area contributed by atoms with E-state index < -0.39 is 58.4 Å². The molecule has 0 saturated heterocycles. The third kappa shape index (κ3) is 2.71. The number of phenolic OH excluding ortho intramolecular Hbond substituents is 1. The molecule has 1 aromatic rings. The third-order valence-corrected chi connectivity index (χ3v) is 6.83. The first-order valence-electron chi connectivity index (χ1n) is 9.53. The SMILES string of the molecule is CN(C)[C@@H]1C(=O)C(C(N)=O)=C(O)[C@@]2(O)C(=O)[C@@H]3C(=Cc4c(Cl)ccc(O)c4[C@@H]3O)C[C@@H]12. The molecule has 0 bridgehead atoms. The molecule has 1 aromatic carbocycles. The fourth-order valence-electron chi connectivity index (χ4n) is 5.12. The van der Waals surface area contributed by atoms with Crippen LogP contribution in [0, 0.1) is 11.8 Å². The second-order valence-electron chi connectivity index (χ2n) is 8.34. The smallest absolute Gasteiger partial charge is 0.255 e. The Labute approximate surface area is 182 Å². The van der Waals surface area contributed by atoms with Gasteiger partial charge in [-0.25, -0.2) is 0 Å². The van der Waals surface area contributed by atoms with Crippen molar-refractivity contribution in [2.45, 2.75) is 24.2 Å². The van der Waals surface area contributed by atoms with Gasteiger partial charge in [0.25, 0.3) is 5.91 Å². The predicted molar refractivity (Wildman–Crippen MR) is 109 cm³/mol. The Kier molecular flexibility index (Phi) is 4.78. The van der Waals surface area contributed by atoms with Gasteiger partial charge in [-0.05, 0) is 32.6 Å². The number of amides is 1. The summed E-state index contributed by atoms with van der Waals surface area (Å²) in [4.78, 5) is 39.8. The lowest BCUT2D eigenvalue weighted by atomic mass is 9.57. The van der Waals surface area contributed by atoms with Crippen molar-refractivity contribution in [3.63, 3.8) is 0 Å². The first-order chi connectivity index (χ1) is 14.4. The molecule has 1 fully saturated rings. The van der Waals surface area contributed by atoms with Crippen molar-refractivity contribution in [2.24, 2.45) is 17.6 Å². The molecule has 31 heavy (non-hydrogen) atoms. The zero-order valence-corrected chi connectivity index (χ0v) is 17.4. The number of aliphatic hydroxyl groups is 3. The number of phenols is 1. The van der Waals surface area contributed by atoms with Crippen LogP contribution in [-0.2, 0) is 14.4 Å². The maximum atomic E-state index is 13.5. The predicted octanol–water partition coefficient (Wildman–Crippen LogP) is 0.223. The normalized spacial score (nSPS) is 32.4. The fourth-order valence-corrected chi connectivity index (χ4v) is 5.34. The Morgan fingerprint density at radius 2 is 1.90 bits per heavy atom. The molecule has 1 amide bonds. The quantitative estimate of drug-likeness (QED) is 0.401. The summed E-state index contributed by atoms with van der Waals surface area (Å²) in [6, 6.07) is 1.59. The van der Waals surface area contributed by atoms with Crippen LogP contribution in [-0.4, -0.2) is 68.5 Å². The Morgan fingerprint density at radius 1 is 1.26 bits per heavy atom. The van der Waals surface area contributed by atoms with Crippen molar-refractivity contribution < 1.29 is 34.8 Å². The van der Waals surface area contributed by atoms with Crippen LogP contribution in [0.5, 0.6) is 5.75 Å². The number of carbonyl (C=O) groups is 3. The molecule has 4 rings (SSSR count). The Bertz CT molecular complexity index is 1110. The molecule has 0 radical (unpaired) electrons. The molecule has 164 valence electrons. The highest BCUT2D eigenvalue weighted by atomic mass is 35.5. The molecule has 10 heteroatoms. The monoisotopic (exact) mass is 448 g/mol. The van der Waals surface area contributed by atoms with Gasteiger partial charge in [0.1, 0.15) is 17.1 Å².